The molecule has 0 atom stereocenters. The minimum Gasteiger partial charge on any atom is -0.236 e. The second-order valence-electron chi connectivity index (χ2n) is 6.33. The fourth-order valence-corrected chi connectivity index (χ4v) is 3.82. The van der Waals surface area contributed by atoms with E-state index >= 15 is 0 Å². The topological polar surface area (TPSA) is 108 Å². The molecule has 0 saturated heterocycles. The smallest absolute Gasteiger partial charge is 0.236 e. The lowest BCUT2D eigenvalue weighted by atomic mass is 10.2. The highest BCUT2D eigenvalue weighted by molar-refractivity contribution is 7.91. The molecule has 4 aromatic rings. The third-order valence-corrected chi connectivity index (χ3v) is 6.04. The number of aryl methyl sites for hydroxylation is 1. The Morgan fingerprint density at radius 1 is 1.13 bits per heavy atom. The molecule has 0 spiro atoms. The van der Waals surface area contributed by atoms with Crippen molar-refractivity contribution >= 4 is 15.5 Å². The number of aromatic nitrogens is 7. The molecule has 0 aliphatic rings. The van der Waals surface area contributed by atoms with Crippen molar-refractivity contribution < 1.29 is 21.6 Å². The van der Waals surface area contributed by atoms with Crippen LogP contribution in [-0.4, -0.2) is 48.5 Å². The third kappa shape index (κ3) is 3.51. The molecule has 30 heavy (non-hydrogen) atoms. The van der Waals surface area contributed by atoms with Gasteiger partial charge in [0, 0.05) is 24.0 Å². The number of nitrogens with zero attached hydrogens (tertiary/aromatic N) is 7. The van der Waals surface area contributed by atoms with E-state index in [0.29, 0.717) is 5.82 Å². The predicted molar refractivity (Wildman–Crippen MR) is 98.6 cm³/mol. The summed E-state index contributed by atoms with van der Waals surface area (Å²) >= 11 is 0. The molecule has 0 radical (unpaired) electrons. The number of rotatable bonds is 4. The predicted octanol–water partition coefficient (Wildman–Crippen LogP) is 2.49. The maximum Gasteiger partial charge on any atom is 0.435 e. The maximum absolute atomic E-state index is 12.9. The van der Waals surface area contributed by atoms with E-state index in [1.54, 1.807) is 6.92 Å². The molecule has 0 aromatic carbocycles. The van der Waals surface area contributed by atoms with E-state index in [0.717, 1.165) is 10.6 Å². The summed E-state index contributed by atoms with van der Waals surface area (Å²) in [6.45, 7) is 3.17. The van der Waals surface area contributed by atoms with Crippen LogP contribution in [0.15, 0.2) is 41.8 Å². The summed E-state index contributed by atoms with van der Waals surface area (Å²) in [7, 11) is -3.69. The summed E-state index contributed by atoms with van der Waals surface area (Å²) in [5, 5.41) is 7.63. The van der Waals surface area contributed by atoms with E-state index < -0.39 is 21.7 Å². The SMILES string of the molecule is CCS(=O)(=O)c1ccc(-n2cnc(C)n2)nc1-c1cnc2cc(C(F)(F)F)nn2c1. The number of sulfone groups is 1. The zero-order chi connectivity index (χ0) is 21.7. The molecule has 0 N–H and O–H groups in total. The molecular weight excluding hydrogens is 423 g/mol. The van der Waals surface area contributed by atoms with Crippen LogP contribution in [0, 0.1) is 6.92 Å². The van der Waals surface area contributed by atoms with E-state index in [-0.39, 0.29) is 33.4 Å². The van der Waals surface area contributed by atoms with Gasteiger partial charge in [-0.1, -0.05) is 6.92 Å². The molecule has 4 heterocycles. The number of fused-ring (bicyclic) bond motifs is 1. The van der Waals surface area contributed by atoms with Gasteiger partial charge in [-0.25, -0.2) is 32.6 Å². The van der Waals surface area contributed by atoms with Crippen molar-refractivity contribution in [2.75, 3.05) is 5.75 Å². The van der Waals surface area contributed by atoms with Gasteiger partial charge in [0.05, 0.1) is 16.3 Å². The van der Waals surface area contributed by atoms with Crippen molar-refractivity contribution in [3.63, 3.8) is 0 Å². The van der Waals surface area contributed by atoms with Crippen LogP contribution in [-0.2, 0) is 16.0 Å². The molecule has 0 amide bonds. The summed E-state index contributed by atoms with van der Waals surface area (Å²) in [4.78, 5) is 12.3. The van der Waals surface area contributed by atoms with Gasteiger partial charge < -0.3 is 0 Å². The molecule has 4 rings (SSSR count). The van der Waals surface area contributed by atoms with Crippen LogP contribution in [0.5, 0.6) is 0 Å². The van der Waals surface area contributed by atoms with Gasteiger partial charge in [0.1, 0.15) is 12.2 Å². The lowest BCUT2D eigenvalue weighted by molar-refractivity contribution is -0.141. The molecule has 0 saturated carbocycles. The molecule has 4 aromatic heterocycles. The first-order chi connectivity index (χ1) is 14.1. The lowest BCUT2D eigenvalue weighted by Gasteiger charge is -2.11. The molecule has 0 fully saturated rings. The van der Waals surface area contributed by atoms with Crippen LogP contribution in [0.25, 0.3) is 22.7 Å². The highest BCUT2D eigenvalue weighted by atomic mass is 32.2. The average molecular weight is 437 g/mol. The van der Waals surface area contributed by atoms with Crippen LogP contribution in [0.2, 0.25) is 0 Å². The Kier molecular flexibility index (Phi) is 4.56. The van der Waals surface area contributed by atoms with Crippen molar-refractivity contribution in [2.24, 2.45) is 0 Å². The minimum atomic E-state index is -4.63. The summed E-state index contributed by atoms with van der Waals surface area (Å²) in [5.41, 5.74) is -0.923. The van der Waals surface area contributed by atoms with Crippen LogP contribution in [0.4, 0.5) is 13.2 Å². The normalized spacial score (nSPS) is 12.6. The Morgan fingerprint density at radius 2 is 1.90 bits per heavy atom. The standard InChI is InChI=1S/C17H14F3N7O2S/c1-3-30(28,29)12-4-5-14(27-9-22-10(2)24-27)23-16(12)11-7-21-15-6-13(17(18,19)20)25-26(15)8-11/h4-9H,3H2,1-2H3. The zero-order valence-corrected chi connectivity index (χ0v) is 16.5. The first-order valence-electron chi connectivity index (χ1n) is 8.64. The Labute approximate surface area is 168 Å². The number of hydrogen-bond donors (Lipinski definition) is 0. The van der Waals surface area contributed by atoms with Gasteiger partial charge in [-0.15, -0.1) is 0 Å². The Hall–Kier alpha value is -3.35. The monoisotopic (exact) mass is 437 g/mol. The van der Waals surface area contributed by atoms with Gasteiger partial charge in [-0.05, 0) is 19.1 Å². The quantitative estimate of drug-likeness (QED) is 0.483. The Balaban J connectivity index is 1.93. The minimum absolute atomic E-state index is 0.0287. The van der Waals surface area contributed by atoms with Crippen LogP contribution < -0.4 is 0 Å². The average Bonchev–Trinajstić information content (AvgIpc) is 3.33. The molecule has 156 valence electrons. The van der Waals surface area contributed by atoms with E-state index in [2.05, 4.69) is 25.1 Å². The fraction of sp³-hybridized carbons (Fsp3) is 0.235. The van der Waals surface area contributed by atoms with Gasteiger partial charge in [0.15, 0.2) is 27.0 Å². The first kappa shape index (κ1) is 19.9. The molecule has 0 unspecified atom stereocenters. The van der Waals surface area contributed by atoms with Crippen molar-refractivity contribution in [3.05, 3.63) is 48.4 Å². The van der Waals surface area contributed by atoms with Crippen LogP contribution >= 0.6 is 0 Å². The summed E-state index contributed by atoms with van der Waals surface area (Å²) < 4.78 is 66.3. The summed E-state index contributed by atoms with van der Waals surface area (Å²) in [5.74, 6) is 0.596. The number of hydrogen-bond acceptors (Lipinski definition) is 7. The summed E-state index contributed by atoms with van der Waals surface area (Å²) in [6, 6.07) is 3.65. The molecule has 13 heteroatoms. The van der Waals surface area contributed by atoms with E-state index in [9.17, 15) is 21.6 Å². The van der Waals surface area contributed by atoms with Crippen LogP contribution in [0.1, 0.15) is 18.4 Å². The Morgan fingerprint density at radius 3 is 2.53 bits per heavy atom. The zero-order valence-electron chi connectivity index (χ0n) is 15.7. The van der Waals surface area contributed by atoms with Gasteiger partial charge >= 0.3 is 6.18 Å². The number of alkyl halides is 3. The number of halogens is 3. The molecular formula is C17H14F3N7O2S. The molecule has 0 aliphatic carbocycles. The van der Waals surface area contributed by atoms with Crippen molar-refractivity contribution in [3.8, 4) is 17.1 Å². The third-order valence-electron chi connectivity index (χ3n) is 4.28. The van der Waals surface area contributed by atoms with Crippen LogP contribution in [0.3, 0.4) is 0 Å². The van der Waals surface area contributed by atoms with E-state index in [4.69, 9.17) is 0 Å². The lowest BCUT2D eigenvalue weighted by Crippen LogP contribution is -2.10. The largest absolute Gasteiger partial charge is 0.435 e. The second-order valence-corrected chi connectivity index (χ2v) is 8.58. The van der Waals surface area contributed by atoms with Gasteiger partial charge in [-0.2, -0.15) is 23.4 Å². The van der Waals surface area contributed by atoms with Gasteiger partial charge in [0.25, 0.3) is 0 Å². The maximum atomic E-state index is 12.9. The highest BCUT2D eigenvalue weighted by Crippen LogP contribution is 2.30. The summed E-state index contributed by atoms with van der Waals surface area (Å²) in [6.07, 6.45) is -0.705. The van der Waals surface area contributed by atoms with E-state index in [1.807, 2.05) is 0 Å². The second kappa shape index (κ2) is 6.86. The number of pyridine rings is 1. The highest BCUT2D eigenvalue weighted by Gasteiger charge is 2.34. The van der Waals surface area contributed by atoms with Crippen molar-refractivity contribution in [2.45, 2.75) is 24.9 Å². The van der Waals surface area contributed by atoms with Gasteiger partial charge in [0.2, 0.25) is 0 Å². The fourth-order valence-electron chi connectivity index (χ4n) is 2.77. The molecule has 9 nitrogen and oxygen atoms in total. The van der Waals surface area contributed by atoms with Crippen molar-refractivity contribution in [1.29, 1.82) is 0 Å². The molecule has 0 bridgehead atoms. The Bertz CT molecular complexity index is 1360. The van der Waals surface area contributed by atoms with Gasteiger partial charge in [-0.3, -0.25) is 0 Å². The van der Waals surface area contributed by atoms with E-state index in [1.165, 1.54) is 42.5 Å². The first-order valence-corrected chi connectivity index (χ1v) is 10.3. The molecule has 0 aliphatic heterocycles. The van der Waals surface area contributed by atoms with Crippen molar-refractivity contribution in [1.82, 2.24) is 34.3 Å².